The van der Waals surface area contributed by atoms with Gasteiger partial charge in [0, 0.05) is 50.9 Å². The molecule has 1 saturated heterocycles. The zero-order chi connectivity index (χ0) is 19.4. The Morgan fingerprint density at radius 1 is 0.963 bits per heavy atom. The summed E-state index contributed by atoms with van der Waals surface area (Å²) in [5, 5.41) is 0.556. The van der Waals surface area contributed by atoms with Crippen molar-refractivity contribution < 1.29 is 9.59 Å². The first-order valence-electron chi connectivity index (χ1n) is 9.02. The van der Waals surface area contributed by atoms with Gasteiger partial charge in [-0.3, -0.25) is 14.5 Å². The second-order valence-electron chi connectivity index (χ2n) is 6.88. The van der Waals surface area contributed by atoms with Gasteiger partial charge in [-0.1, -0.05) is 48.0 Å². The summed E-state index contributed by atoms with van der Waals surface area (Å²) in [6.07, 6.45) is 0. The standard InChI is InChI=1S/C21H24ClN3O2/c1-23(2)21(27)19(16-7-4-3-5-8-16)24-11-13-25(14-12-24)20(26)17-9-6-10-18(22)15-17/h3-10,15,19H,11-14H2,1-2H3. The quantitative estimate of drug-likeness (QED) is 0.812. The largest absolute Gasteiger partial charge is 0.347 e. The van der Waals surface area contributed by atoms with Crippen LogP contribution in [0.5, 0.6) is 0 Å². The van der Waals surface area contributed by atoms with E-state index in [1.54, 1.807) is 43.3 Å². The van der Waals surface area contributed by atoms with Gasteiger partial charge < -0.3 is 9.80 Å². The summed E-state index contributed by atoms with van der Waals surface area (Å²) in [5.41, 5.74) is 1.57. The molecule has 142 valence electrons. The molecular formula is C21H24ClN3O2. The fourth-order valence-corrected chi connectivity index (χ4v) is 3.57. The van der Waals surface area contributed by atoms with Gasteiger partial charge in [0.25, 0.3) is 5.91 Å². The van der Waals surface area contributed by atoms with E-state index in [-0.39, 0.29) is 17.9 Å². The van der Waals surface area contributed by atoms with Crippen LogP contribution in [0.4, 0.5) is 0 Å². The molecule has 0 aromatic heterocycles. The third-order valence-electron chi connectivity index (χ3n) is 4.83. The molecule has 2 amide bonds. The topological polar surface area (TPSA) is 43.9 Å². The van der Waals surface area contributed by atoms with Crippen molar-refractivity contribution in [3.8, 4) is 0 Å². The lowest BCUT2D eigenvalue weighted by molar-refractivity contribution is -0.135. The normalized spacial score (nSPS) is 16.0. The Kier molecular flexibility index (Phi) is 6.14. The number of carbonyl (C=O) groups excluding carboxylic acids is 2. The van der Waals surface area contributed by atoms with Crippen molar-refractivity contribution >= 4 is 23.4 Å². The number of likely N-dealkylation sites (N-methyl/N-ethyl adjacent to an activating group) is 1. The molecule has 1 fully saturated rings. The summed E-state index contributed by atoms with van der Waals surface area (Å²) >= 11 is 6.00. The SMILES string of the molecule is CN(C)C(=O)C(c1ccccc1)N1CCN(C(=O)c2cccc(Cl)c2)CC1. The number of piperazine rings is 1. The van der Waals surface area contributed by atoms with E-state index in [0.717, 1.165) is 5.56 Å². The molecule has 1 aliphatic heterocycles. The predicted octanol–water partition coefficient (Wildman–Crippen LogP) is 2.93. The Bertz CT molecular complexity index is 802. The van der Waals surface area contributed by atoms with Crippen molar-refractivity contribution in [1.29, 1.82) is 0 Å². The van der Waals surface area contributed by atoms with E-state index in [4.69, 9.17) is 11.6 Å². The highest BCUT2D eigenvalue weighted by atomic mass is 35.5. The molecular weight excluding hydrogens is 362 g/mol. The zero-order valence-corrected chi connectivity index (χ0v) is 16.4. The van der Waals surface area contributed by atoms with Crippen LogP contribution in [-0.2, 0) is 4.79 Å². The van der Waals surface area contributed by atoms with E-state index < -0.39 is 0 Å². The molecule has 2 aromatic rings. The first kappa shape index (κ1) is 19.4. The van der Waals surface area contributed by atoms with E-state index in [1.165, 1.54) is 0 Å². The predicted molar refractivity (Wildman–Crippen MR) is 107 cm³/mol. The molecule has 6 heteroatoms. The zero-order valence-electron chi connectivity index (χ0n) is 15.6. The molecule has 3 rings (SSSR count). The van der Waals surface area contributed by atoms with E-state index in [1.807, 2.05) is 35.2 Å². The molecule has 27 heavy (non-hydrogen) atoms. The molecule has 1 atom stereocenters. The van der Waals surface area contributed by atoms with E-state index in [2.05, 4.69) is 4.90 Å². The van der Waals surface area contributed by atoms with Crippen LogP contribution in [0.25, 0.3) is 0 Å². The first-order chi connectivity index (χ1) is 13.0. The van der Waals surface area contributed by atoms with Crippen molar-refractivity contribution in [2.75, 3.05) is 40.3 Å². The first-order valence-corrected chi connectivity index (χ1v) is 9.40. The van der Waals surface area contributed by atoms with Gasteiger partial charge in [0.15, 0.2) is 0 Å². The number of amides is 2. The van der Waals surface area contributed by atoms with E-state index in [0.29, 0.717) is 36.8 Å². The molecule has 2 aromatic carbocycles. The molecule has 1 heterocycles. The average Bonchev–Trinajstić information content (AvgIpc) is 2.69. The van der Waals surface area contributed by atoms with Gasteiger partial charge in [0.2, 0.25) is 5.91 Å². The van der Waals surface area contributed by atoms with Crippen LogP contribution < -0.4 is 0 Å². The summed E-state index contributed by atoms with van der Waals surface area (Å²) in [6, 6.07) is 16.5. The fraction of sp³-hybridized carbons (Fsp3) is 0.333. The minimum absolute atomic E-state index is 0.0210. The highest BCUT2D eigenvalue weighted by molar-refractivity contribution is 6.30. The van der Waals surface area contributed by atoms with Crippen LogP contribution >= 0.6 is 11.6 Å². The van der Waals surface area contributed by atoms with Crippen molar-refractivity contribution in [2.24, 2.45) is 0 Å². The van der Waals surface area contributed by atoms with Gasteiger partial charge in [-0.25, -0.2) is 0 Å². The Balaban J connectivity index is 1.72. The summed E-state index contributed by atoms with van der Waals surface area (Å²) in [7, 11) is 3.55. The van der Waals surface area contributed by atoms with Gasteiger partial charge >= 0.3 is 0 Å². The van der Waals surface area contributed by atoms with Crippen molar-refractivity contribution in [2.45, 2.75) is 6.04 Å². The molecule has 0 aliphatic carbocycles. The van der Waals surface area contributed by atoms with Crippen LogP contribution in [0.2, 0.25) is 5.02 Å². The van der Waals surface area contributed by atoms with Crippen LogP contribution in [-0.4, -0.2) is 66.8 Å². The Morgan fingerprint density at radius 3 is 2.22 bits per heavy atom. The molecule has 0 saturated carbocycles. The smallest absolute Gasteiger partial charge is 0.253 e. The Hall–Kier alpha value is -2.37. The van der Waals surface area contributed by atoms with Crippen LogP contribution in [0.1, 0.15) is 22.0 Å². The molecule has 0 N–H and O–H groups in total. The summed E-state index contributed by atoms with van der Waals surface area (Å²) in [5.74, 6) is 0.0307. The second kappa shape index (κ2) is 8.55. The third kappa shape index (κ3) is 4.49. The van der Waals surface area contributed by atoms with Crippen LogP contribution in [0.15, 0.2) is 54.6 Å². The van der Waals surface area contributed by atoms with Crippen LogP contribution in [0.3, 0.4) is 0 Å². The molecule has 0 spiro atoms. The van der Waals surface area contributed by atoms with Crippen molar-refractivity contribution in [3.63, 3.8) is 0 Å². The highest BCUT2D eigenvalue weighted by Crippen LogP contribution is 2.24. The Morgan fingerprint density at radius 2 is 1.63 bits per heavy atom. The lowest BCUT2D eigenvalue weighted by Gasteiger charge is -2.39. The van der Waals surface area contributed by atoms with Gasteiger partial charge in [-0.15, -0.1) is 0 Å². The van der Waals surface area contributed by atoms with Crippen molar-refractivity contribution in [3.05, 3.63) is 70.7 Å². The molecule has 1 aliphatic rings. The highest BCUT2D eigenvalue weighted by Gasteiger charge is 2.32. The maximum Gasteiger partial charge on any atom is 0.253 e. The van der Waals surface area contributed by atoms with Crippen LogP contribution in [0, 0.1) is 0 Å². The van der Waals surface area contributed by atoms with E-state index in [9.17, 15) is 9.59 Å². The monoisotopic (exact) mass is 385 g/mol. The lowest BCUT2D eigenvalue weighted by Crippen LogP contribution is -2.52. The maximum atomic E-state index is 12.8. The minimum Gasteiger partial charge on any atom is -0.347 e. The number of rotatable bonds is 4. The van der Waals surface area contributed by atoms with Gasteiger partial charge in [-0.2, -0.15) is 0 Å². The average molecular weight is 386 g/mol. The van der Waals surface area contributed by atoms with Crippen molar-refractivity contribution in [1.82, 2.24) is 14.7 Å². The lowest BCUT2D eigenvalue weighted by atomic mass is 10.0. The van der Waals surface area contributed by atoms with Gasteiger partial charge in [-0.05, 0) is 23.8 Å². The summed E-state index contributed by atoms with van der Waals surface area (Å²) in [4.78, 5) is 31.1. The number of hydrogen-bond donors (Lipinski definition) is 0. The minimum atomic E-state index is -0.329. The number of hydrogen-bond acceptors (Lipinski definition) is 3. The number of nitrogens with zero attached hydrogens (tertiary/aromatic N) is 3. The summed E-state index contributed by atoms with van der Waals surface area (Å²) in [6.45, 7) is 2.45. The summed E-state index contributed by atoms with van der Waals surface area (Å²) < 4.78 is 0. The van der Waals surface area contributed by atoms with E-state index >= 15 is 0 Å². The Labute approximate surface area is 165 Å². The molecule has 1 unspecified atom stereocenters. The van der Waals surface area contributed by atoms with Gasteiger partial charge in [0.1, 0.15) is 6.04 Å². The second-order valence-corrected chi connectivity index (χ2v) is 7.32. The molecule has 0 radical (unpaired) electrons. The number of benzene rings is 2. The molecule has 5 nitrogen and oxygen atoms in total. The number of halogens is 1. The van der Waals surface area contributed by atoms with Gasteiger partial charge in [0.05, 0.1) is 0 Å². The molecule has 0 bridgehead atoms. The maximum absolute atomic E-state index is 12.8. The fourth-order valence-electron chi connectivity index (χ4n) is 3.38. The third-order valence-corrected chi connectivity index (χ3v) is 5.06. The number of carbonyl (C=O) groups is 2.